The van der Waals surface area contributed by atoms with E-state index in [1.807, 2.05) is 4.31 Å². The molecular weight excluding hydrogens is 222 g/mol. The Labute approximate surface area is 91.0 Å². The summed E-state index contributed by atoms with van der Waals surface area (Å²) in [4.78, 5) is 2.23. The Kier molecular flexibility index (Phi) is 4.65. The lowest BCUT2D eigenvalue weighted by Gasteiger charge is -2.31. The first-order chi connectivity index (χ1) is 6.47. The monoisotopic (exact) mass is 239 g/mol. The molecule has 1 rings (SSSR count). The number of hydrogen-bond acceptors (Lipinski definition) is 5. The minimum atomic E-state index is -3.04. The van der Waals surface area contributed by atoms with Crippen molar-refractivity contribution in [2.24, 2.45) is 0 Å². The van der Waals surface area contributed by atoms with Gasteiger partial charge < -0.3 is 0 Å². The van der Waals surface area contributed by atoms with Crippen LogP contribution in [-0.4, -0.2) is 63.1 Å². The minimum Gasteiger partial charge on any atom is -0.299 e. The molecule has 0 atom stereocenters. The zero-order valence-electron chi connectivity index (χ0n) is 8.31. The first-order valence-corrected chi connectivity index (χ1v) is 6.87. The fraction of sp³-hybridized carbons (Fsp3) is 1.00. The number of thiol groups is 1. The first kappa shape index (κ1) is 12.3. The van der Waals surface area contributed by atoms with Crippen molar-refractivity contribution in [3.63, 3.8) is 0 Å². The lowest BCUT2D eigenvalue weighted by molar-refractivity contribution is 0.201. The number of rotatable bonds is 4. The third-order valence-corrected chi connectivity index (χ3v) is 3.27. The maximum absolute atomic E-state index is 10.8. The normalized spacial score (nSPS) is 21.3. The summed E-state index contributed by atoms with van der Waals surface area (Å²) in [6.07, 6.45) is 1.18. The summed E-state index contributed by atoms with van der Waals surface area (Å²) in [7, 11) is -3.04. The van der Waals surface area contributed by atoms with E-state index in [4.69, 9.17) is 0 Å². The molecule has 1 N–H and O–H groups in total. The van der Waals surface area contributed by atoms with Crippen molar-refractivity contribution in [2.45, 2.75) is 0 Å². The smallest absolute Gasteiger partial charge is 0.208 e. The van der Waals surface area contributed by atoms with Crippen LogP contribution in [0, 0.1) is 0 Å². The molecule has 0 aromatic rings. The van der Waals surface area contributed by atoms with Crippen molar-refractivity contribution >= 4 is 22.8 Å². The Balaban J connectivity index is 2.14. The molecule has 0 aromatic heterocycles. The van der Waals surface area contributed by atoms with E-state index in [-0.39, 0.29) is 0 Å². The van der Waals surface area contributed by atoms with Crippen LogP contribution in [0.2, 0.25) is 0 Å². The molecule has 0 bridgehead atoms. The van der Waals surface area contributed by atoms with Crippen LogP contribution in [0.15, 0.2) is 0 Å². The summed E-state index contributed by atoms with van der Waals surface area (Å²) in [6.45, 7) is 5.04. The average molecular weight is 239 g/mol. The SMILES string of the molecule is CS(=O)(=O)NCCN1CCN(S)CC1. The molecule has 1 aliphatic rings. The minimum absolute atomic E-state index is 0.491. The van der Waals surface area contributed by atoms with E-state index in [1.165, 1.54) is 6.26 Å². The summed E-state index contributed by atoms with van der Waals surface area (Å²) in [6, 6.07) is 0. The summed E-state index contributed by atoms with van der Waals surface area (Å²) in [5, 5.41) is 0. The van der Waals surface area contributed by atoms with Crippen molar-refractivity contribution in [1.82, 2.24) is 13.9 Å². The highest BCUT2D eigenvalue weighted by Crippen LogP contribution is 2.02. The molecule has 0 unspecified atom stereocenters. The molecule has 5 nitrogen and oxygen atoms in total. The third kappa shape index (κ3) is 5.16. The molecule has 0 amide bonds. The quantitative estimate of drug-likeness (QED) is 0.618. The van der Waals surface area contributed by atoms with E-state index in [0.717, 1.165) is 32.7 Å². The van der Waals surface area contributed by atoms with Crippen LogP contribution in [0.4, 0.5) is 0 Å². The summed E-state index contributed by atoms with van der Waals surface area (Å²) >= 11 is 4.23. The van der Waals surface area contributed by atoms with Gasteiger partial charge in [0.1, 0.15) is 0 Å². The Bertz CT molecular complexity index is 260. The molecular formula is C7H17N3O2S2. The van der Waals surface area contributed by atoms with Gasteiger partial charge in [-0.25, -0.2) is 13.1 Å². The molecule has 84 valence electrons. The van der Waals surface area contributed by atoms with Crippen molar-refractivity contribution in [2.75, 3.05) is 45.5 Å². The Hall–Kier alpha value is 0.180. The van der Waals surface area contributed by atoms with Gasteiger partial charge in [-0.1, -0.05) is 12.8 Å². The van der Waals surface area contributed by atoms with Crippen LogP contribution in [0.5, 0.6) is 0 Å². The summed E-state index contributed by atoms with van der Waals surface area (Å²) < 4.78 is 26.0. The lowest BCUT2D eigenvalue weighted by Crippen LogP contribution is -2.45. The largest absolute Gasteiger partial charge is 0.299 e. The van der Waals surface area contributed by atoms with Gasteiger partial charge in [-0.3, -0.25) is 9.21 Å². The Morgan fingerprint density at radius 3 is 2.36 bits per heavy atom. The van der Waals surface area contributed by atoms with Crippen LogP contribution in [0.1, 0.15) is 0 Å². The highest BCUT2D eigenvalue weighted by atomic mass is 32.2. The van der Waals surface area contributed by atoms with Gasteiger partial charge in [-0.05, 0) is 0 Å². The van der Waals surface area contributed by atoms with Crippen LogP contribution in [0.3, 0.4) is 0 Å². The molecule has 0 spiro atoms. The van der Waals surface area contributed by atoms with E-state index >= 15 is 0 Å². The maximum Gasteiger partial charge on any atom is 0.208 e. The van der Waals surface area contributed by atoms with Gasteiger partial charge in [0, 0.05) is 39.3 Å². The molecule has 0 aromatic carbocycles. The summed E-state index contributed by atoms with van der Waals surface area (Å²) in [5.74, 6) is 0. The van der Waals surface area contributed by atoms with Crippen molar-refractivity contribution < 1.29 is 8.42 Å². The van der Waals surface area contributed by atoms with Crippen molar-refractivity contribution in [3.05, 3.63) is 0 Å². The van der Waals surface area contributed by atoms with E-state index in [2.05, 4.69) is 22.4 Å². The molecule has 7 heteroatoms. The van der Waals surface area contributed by atoms with Gasteiger partial charge in [-0.15, -0.1) is 0 Å². The van der Waals surface area contributed by atoms with Crippen LogP contribution < -0.4 is 4.72 Å². The average Bonchev–Trinajstić information content (AvgIpc) is 2.06. The van der Waals surface area contributed by atoms with E-state index in [9.17, 15) is 8.42 Å². The number of piperazine rings is 1. The van der Waals surface area contributed by atoms with Crippen molar-refractivity contribution in [3.8, 4) is 0 Å². The number of nitrogens with zero attached hydrogens (tertiary/aromatic N) is 2. The number of hydrogen-bond donors (Lipinski definition) is 2. The molecule has 1 saturated heterocycles. The highest BCUT2D eigenvalue weighted by molar-refractivity contribution is 7.88. The standard InChI is InChI=1S/C7H17N3O2S2/c1-14(11,12)8-2-3-9-4-6-10(13)7-5-9/h8,13H,2-7H2,1H3. The second kappa shape index (κ2) is 5.32. The second-order valence-electron chi connectivity index (χ2n) is 3.46. The van der Waals surface area contributed by atoms with Gasteiger partial charge >= 0.3 is 0 Å². The van der Waals surface area contributed by atoms with E-state index in [0.29, 0.717) is 6.54 Å². The first-order valence-electron chi connectivity index (χ1n) is 4.58. The molecule has 0 aliphatic carbocycles. The number of nitrogens with one attached hydrogen (secondary N) is 1. The van der Waals surface area contributed by atoms with Crippen LogP contribution in [0.25, 0.3) is 0 Å². The molecule has 0 radical (unpaired) electrons. The third-order valence-electron chi connectivity index (χ3n) is 2.14. The predicted octanol–water partition coefficient (Wildman–Crippen LogP) is -1.00. The molecule has 1 aliphatic heterocycles. The molecule has 14 heavy (non-hydrogen) atoms. The van der Waals surface area contributed by atoms with E-state index in [1.54, 1.807) is 0 Å². The number of sulfonamides is 1. The van der Waals surface area contributed by atoms with E-state index < -0.39 is 10.0 Å². The van der Waals surface area contributed by atoms with Crippen LogP contribution >= 0.6 is 12.8 Å². The second-order valence-corrected chi connectivity index (χ2v) is 5.86. The molecule has 0 saturated carbocycles. The Morgan fingerprint density at radius 2 is 1.86 bits per heavy atom. The van der Waals surface area contributed by atoms with Gasteiger partial charge in [0.2, 0.25) is 10.0 Å². The zero-order chi connectivity index (χ0) is 10.6. The van der Waals surface area contributed by atoms with Gasteiger partial charge in [0.25, 0.3) is 0 Å². The van der Waals surface area contributed by atoms with Gasteiger partial charge in [-0.2, -0.15) is 0 Å². The fourth-order valence-corrected chi connectivity index (χ4v) is 1.99. The molecule has 1 heterocycles. The molecule has 1 fully saturated rings. The lowest BCUT2D eigenvalue weighted by atomic mass is 10.3. The fourth-order valence-electron chi connectivity index (χ4n) is 1.35. The topological polar surface area (TPSA) is 52.7 Å². The zero-order valence-corrected chi connectivity index (χ0v) is 10.0. The van der Waals surface area contributed by atoms with Crippen LogP contribution in [-0.2, 0) is 10.0 Å². The van der Waals surface area contributed by atoms with Gasteiger partial charge in [0.05, 0.1) is 6.26 Å². The maximum atomic E-state index is 10.8. The van der Waals surface area contributed by atoms with Gasteiger partial charge in [0.15, 0.2) is 0 Å². The van der Waals surface area contributed by atoms with Crippen molar-refractivity contribution in [1.29, 1.82) is 0 Å². The summed E-state index contributed by atoms with van der Waals surface area (Å²) in [5.41, 5.74) is 0. The highest BCUT2D eigenvalue weighted by Gasteiger charge is 2.13. The predicted molar refractivity (Wildman–Crippen MR) is 59.8 cm³/mol. The Morgan fingerprint density at radius 1 is 1.29 bits per heavy atom.